The van der Waals surface area contributed by atoms with Gasteiger partial charge in [-0.1, -0.05) is 6.92 Å². The molecular weight excluding hydrogens is 242 g/mol. The molecule has 18 heavy (non-hydrogen) atoms. The van der Waals surface area contributed by atoms with Gasteiger partial charge in [0.25, 0.3) is 0 Å². The van der Waals surface area contributed by atoms with Crippen LogP contribution in [0.4, 0.5) is 14.5 Å². The molecule has 0 radical (unpaired) electrons. The third kappa shape index (κ3) is 3.70. The number of anilines is 1. The topological polar surface area (TPSA) is 73.1 Å². The van der Waals surface area contributed by atoms with Crippen molar-refractivity contribution >= 4 is 11.7 Å². The van der Waals surface area contributed by atoms with Gasteiger partial charge in [0.15, 0.2) is 11.6 Å². The van der Waals surface area contributed by atoms with E-state index in [1.54, 1.807) is 13.0 Å². The molecule has 0 spiro atoms. The molecular formula is C12H12F2N2O2. The van der Waals surface area contributed by atoms with Gasteiger partial charge in [0, 0.05) is 13.0 Å². The number of halogens is 2. The molecule has 1 aromatic carbocycles. The Balaban J connectivity index is 2.74. The molecule has 0 bridgehead atoms. The summed E-state index contributed by atoms with van der Waals surface area (Å²) in [6.45, 7) is 1.78. The summed E-state index contributed by atoms with van der Waals surface area (Å²) in [5, 5.41) is 19.6. The summed E-state index contributed by atoms with van der Waals surface area (Å²) < 4.78 is 26.9. The Morgan fingerprint density at radius 3 is 2.50 bits per heavy atom. The van der Waals surface area contributed by atoms with E-state index in [-0.39, 0.29) is 30.1 Å². The fourth-order valence-corrected chi connectivity index (χ4v) is 1.45. The van der Waals surface area contributed by atoms with Gasteiger partial charge in [0.1, 0.15) is 5.69 Å². The monoisotopic (exact) mass is 254 g/mol. The molecule has 96 valence electrons. The predicted molar refractivity (Wildman–Crippen MR) is 61.0 cm³/mol. The average molecular weight is 254 g/mol. The lowest BCUT2D eigenvalue weighted by molar-refractivity contribution is -0.137. The van der Waals surface area contributed by atoms with Crippen molar-refractivity contribution in [3.63, 3.8) is 0 Å². The number of rotatable bonds is 5. The number of carbonyl (C=O) groups is 1. The Bertz CT molecular complexity index is 474. The van der Waals surface area contributed by atoms with Crippen molar-refractivity contribution in [1.29, 1.82) is 5.26 Å². The Hall–Kier alpha value is -2.16. The molecule has 0 aliphatic heterocycles. The first-order chi connectivity index (χ1) is 8.43. The largest absolute Gasteiger partial charge is 0.481 e. The number of hydrogen-bond acceptors (Lipinski definition) is 3. The Morgan fingerprint density at radius 2 is 2.06 bits per heavy atom. The minimum absolute atomic E-state index is 0.0908. The van der Waals surface area contributed by atoms with Gasteiger partial charge < -0.3 is 10.4 Å². The molecule has 2 N–H and O–H groups in total. The SMILES string of the molecule is CC(CNc1c(F)cc(C#N)cc1F)CC(=O)O. The van der Waals surface area contributed by atoms with Gasteiger partial charge in [-0.2, -0.15) is 5.26 Å². The minimum Gasteiger partial charge on any atom is -0.481 e. The zero-order valence-corrected chi connectivity index (χ0v) is 9.70. The summed E-state index contributed by atoms with van der Waals surface area (Å²) in [5.41, 5.74) is -0.444. The molecule has 0 saturated heterocycles. The van der Waals surface area contributed by atoms with Crippen molar-refractivity contribution in [3.05, 3.63) is 29.3 Å². The molecule has 1 aromatic rings. The van der Waals surface area contributed by atoms with Crippen LogP contribution in [0.25, 0.3) is 0 Å². The van der Waals surface area contributed by atoms with E-state index in [9.17, 15) is 13.6 Å². The maximum Gasteiger partial charge on any atom is 0.303 e. The van der Waals surface area contributed by atoms with Crippen LogP contribution in [0.1, 0.15) is 18.9 Å². The molecule has 0 aromatic heterocycles. The lowest BCUT2D eigenvalue weighted by Crippen LogP contribution is -2.16. The number of carboxylic acids is 1. The van der Waals surface area contributed by atoms with Crippen LogP contribution in [-0.2, 0) is 4.79 Å². The highest BCUT2D eigenvalue weighted by Crippen LogP contribution is 2.21. The molecule has 0 amide bonds. The highest BCUT2D eigenvalue weighted by Gasteiger charge is 2.13. The van der Waals surface area contributed by atoms with Crippen molar-refractivity contribution < 1.29 is 18.7 Å². The van der Waals surface area contributed by atoms with Crippen molar-refractivity contribution in [2.75, 3.05) is 11.9 Å². The van der Waals surface area contributed by atoms with E-state index in [4.69, 9.17) is 10.4 Å². The first kappa shape index (κ1) is 13.9. The van der Waals surface area contributed by atoms with Crippen molar-refractivity contribution in [2.45, 2.75) is 13.3 Å². The van der Waals surface area contributed by atoms with Gasteiger partial charge in [-0.25, -0.2) is 8.78 Å². The van der Waals surface area contributed by atoms with Crippen LogP contribution in [0.5, 0.6) is 0 Å². The van der Waals surface area contributed by atoms with E-state index in [0.717, 1.165) is 12.1 Å². The second-order valence-electron chi connectivity index (χ2n) is 4.01. The van der Waals surface area contributed by atoms with E-state index in [0.29, 0.717) is 0 Å². The summed E-state index contributed by atoms with van der Waals surface area (Å²) in [4.78, 5) is 10.4. The van der Waals surface area contributed by atoms with Crippen LogP contribution < -0.4 is 5.32 Å². The molecule has 0 saturated carbocycles. The van der Waals surface area contributed by atoms with Crippen LogP contribution in [0.15, 0.2) is 12.1 Å². The lowest BCUT2D eigenvalue weighted by atomic mass is 10.1. The second-order valence-corrected chi connectivity index (χ2v) is 4.01. The van der Waals surface area contributed by atoms with Gasteiger partial charge >= 0.3 is 5.97 Å². The Kier molecular flexibility index (Phi) is 4.60. The number of aliphatic carboxylic acids is 1. The summed E-state index contributed by atoms with van der Waals surface area (Å²) in [6.07, 6.45) is -0.0908. The third-order valence-corrected chi connectivity index (χ3v) is 2.32. The van der Waals surface area contributed by atoms with Crippen molar-refractivity contribution in [3.8, 4) is 6.07 Å². The summed E-state index contributed by atoms with van der Waals surface area (Å²) in [6, 6.07) is 3.49. The Morgan fingerprint density at radius 1 is 1.50 bits per heavy atom. The fraction of sp³-hybridized carbons (Fsp3) is 0.333. The summed E-state index contributed by atoms with van der Waals surface area (Å²) >= 11 is 0. The van der Waals surface area contributed by atoms with Crippen LogP contribution in [0, 0.1) is 28.9 Å². The molecule has 6 heteroatoms. The normalized spacial score (nSPS) is 11.7. The molecule has 1 atom stereocenters. The highest BCUT2D eigenvalue weighted by molar-refractivity contribution is 5.67. The van der Waals surface area contributed by atoms with E-state index >= 15 is 0 Å². The zero-order valence-electron chi connectivity index (χ0n) is 9.70. The van der Waals surface area contributed by atoms with Gasteiger partial charge in [-0.15, -0.1) is 0 Å². The average Bonchev–Trinajstić information content (AvgIpc) is 2.26. The van der Waals surface area contributed by atoms with E-state index in [1.165, 1.54) is 0 Å². The predicted octanol–water partition coefficient (Wildman–Crippen LogP) is 2.36. The smallest absolute Gasteiger partial charge is 0.303 e. The van der Waals surface area contributed by atoms with Gasteiger partial charge in [0.05, 0.1) is 11.6 Å². The number of benzene rings is 1. The van der Waals surface area contributed by atoms with E-state index in [1.807, 2.05) is 0 Å². The molecule has 0 aliphatic carbocycles. The van der Waals surface area contributed by atoms with Gasteiger partial charge in [-0.05, 0) is 18.1 Å². The first-order valence-electron chi connectivity index (χ1n) is 5.28. The molecule has 0 fully saturated rings. The molecule has 4 nitrogen and oxygen atoms in total. The van der Waals surface area contributed by atoms with Gasteiger partial charge in [-0.3, -0.25) is 4.79 Å². The number of nitriles is 1. The molecule has 1 rings (SSSR count). The quantitative estimate of drug-likeness (QED) is 0.846. The fourth-order valence-electron chi connectivity index (χ4n) is 1.45. The first-order valence-corrected chi connectivity index (χ1v) is 5.28. The molecule has 0 heterocycles. The van der Waals surface area contributed by atoms with Crippen LogP contribution in [-0.4, -0.2) is 17.6 Å². The minimum atomic E-state index is -0.968. The number of carboxylic acid groups (broad SMARTS) is 1. The zero-order chi connectivity index (χ0) is 13.7. The number of nitrogens with one attached hydrogen (secondary N) is 1. The maximum atomic E-state index is 13.4. The van der Waals surface area contributed by atoms with Crippen LogP contribution in [0.3, 0.4) is 0 Å². The number of hydrogen-bond donors (Lipinski definition) is 2. The Labute approximate surface area is 103 Å². The third-order valence-electron chi connectivity index (χ3n) is 2.32. The lowest BCUT2D eigenvalue weighted by Gasteiger charge is -2.13. The highest BCUT2D eigenvalue weighted by atomic mass is 19.1. The van der Waals surface area contributed by atoms with Crippen LogP contribution in [0.2, 0.25) is 0 Å². The van der Waals surface area contributed by atoms with Crippen molar-refractivity contribution in [1.82, 2.24) is 0 Å². The number of nitrogens with zero attached hydrogens (tertiary/aromatic N) is 1. The molecule has 0 aliphatic rings. The van der Waals surface area contributed by atoms with Crippen LogP contribution >= 0.6 is 0 Å². The van der Waals surface area contributed by atoms with E-state index < -0.39 is 17.6 Å². The maximum absolute atomic E-state index is 13.4. The summed E-state index contributed by atoms with van der Waals surface area (Å²) in [7, 11) is 0. The molecule has 1 unspecified atom stereocenters. The van der Waals surface area contributed by atoms with Crippen molar-refractivity contribution in [2.24, 2.45) is 5.92 Å². The van der Waals surface area contributed by atoms with Gasteiger partial charge in [0.2, 0.25) is 0 Å². The second kappa shape index (κ2) is 5.96. The standard InChI is InChI=1S/C12H12F2N2O2/c1-7(2-11(17)18)6-16-12-9(13)3-8(5-15)4-10(12)14/h3-4,7,16H,2,6H2,1H3,(H,17,18). The van der Waals surface area contributed by atoms with E-state index in [2.05, 4.69) is 5.32 Å². The summed E-state index contributed by atoms with van der Waals surface area (Å²) in [5.74, 6) is -2.97.